The standard InChI is InChI=1S/C24H9Br3S3/c25-10-1-4-16-13(7-10)19-22(28-16)20-14-8-11(26)2-5-17(14)30-24(20)21-15-9-12(27)3-6-18(15)29-23(19)21/h1-9H. The van der Waals surface area contributed by atoms with Crippen LogP contribution in [-0.2, 0) is 0 Å². The van der Waals surface area contributed by atoms with Crippen LogP contribution in [0.5, 0.6) is 0 Å². The molecule has 7 rings (SSSR count). The highest BCUT2D eigenvalue weighted by Gasteiger charge is 2.21. The number of benzene rings is 4. The minimum absolute atomic E-state index is 1.13. The van der Waals surface area contributed by atoms with Crippen molar-refractivity contribution in [2.24, 2.45) is 0 Å². The highest BCUT2D eigenvalue weighted by atomic mass is 79.9. The van der Waals surface area contributed by atoms with Gasteiger partial charge in [-0.3, -0.25) is 0 Å². The SMILES string of the molecule is Brc1ccc2sc3c(c2c1)c1sc2ccc(Br)cc2c1c1sc2ccc(Br)cc2c31. The molecule has 0 bridgehead atoms. The average Bonchev–Trinajstić information content (AvgIpc) is 3.38. The predicted molar refractivity (Wildman–Crippen MR) is 148 cm³/mol. The van der Waals surface area contributed by atoms with E-state index in [1.165, 1.54) is 60.5 Å². The molecule has 0 spiro atoms. The van der Waals surface area contributed by atoms with E-state index in [4.69, 9.17) is 0 Å². The molecule has 0 aliphatic heterocycles. The second kappa shape index (κ2) is 6.50. The molecule has 144 valence electrons. The zero-order valence-corrected chi connectivity index (χ0v) is 22.3. The molecule has 0 unspecified atom stereocenters. The Morgan fingerprint density at radius 2 is 0.733 bits per heavy atom. The first kappa shape index (κ1) is 18.5. The lowest BCUT2D eigenvalue weighted by molar-refractivity contribution is 1.77. The third-order valence-corrected chi connectivity index (χ3v) is 10.7. The first-order chi connectivity index (χ1) is 14.6. The van der Waals surface area contributed by atoms with E-state index >= 15 is 0 Å². The van der Waals surface area contributed by atoms with Crippen molar-refractivity contribution in [1.82, 2.24) is 0 Å². The number of rotatable bonds is 0. The van der Waals surface area contributed by atoms with Crippen LogP contribution in [0.2, 0.25) is 0 Å². The number of hydrogen-bond donors (Lipinski definition) is 0. The van der Waals surface area contributed by atoms with E-state index in [1.54, 1.807) is 0 Å². The van der Waals surface area contributed by atoms with Crippen LogP contribution in [-0.4, -0.2) is 0 Å². The molecule has 0 saturated heterocycles. The van der Waals surface area contributed by atoms with Gasteiger partial charge in [0.25, 0.3) is 0 Å². The Morgan fingerprint density at radius 1 is 0.433 bits per heavy atom. The quantitative estimate of drug-likeness (QED) is 0.156. The van der Waals surface area contributed by atoms with Crippen LogP contribution in [0, 0.1) is 0 Å². The van der Waals surface area contributed by atoms with Gasteiger partial charge in [-0.25, -0.2) is 0 Å². The van der Waals surface area contributed by atoms with Crippen molar-refractivity contribution < 1.29 is 0 Å². The molecule has 0 amide bonds. The summed E-state index contributed by atoms with van der Waals surface area (Å²) in [5.41, 5.74) is 0. The van der Waals surface area contributed by atoms with E-state index in [0.717, 1.165) is 13.4 Å². The lowest BCUT2D eigenvalue weighted by Crippen LogP contribution is -1.74. The molecule has 6 heteroatoms. The molecule has 30 heavy (non-hydrogen) atoms. The molecule has 4 aromatic carbocycles. The Bertz CT molecular complexity index is 1590. The van der Waals surface area contributed by atoms with Crippen LogP contribution in [0.4, 0.5) is 0 Å². The summed E-state index contributed by atoms with van der Waals surface area (Å²) in [7, 11) is 0. The van der Waals surface area contributed by atoms with Crippen LogP contribution in [0.1, 0.15) is 0 Å². The van der Waals surface area contributed by atoms with Crippen LogP contribution >= 0.6 is 81.8 Å². The highest BCUT2D eigenvalue weighted by molar-refractivity contribution is 9.11. The molecule has 0 aliphatic carbocycles. The smallest absolute Gasteiger partial charge is 0.0463 e. The third kappa shape index (κ3) is 2.46. The summed E-state index contributed by atoms with van der Waals surface area (Å²) >= 11 is 16.9. The van der Waals surface area contributed by atoms with Crippen molar-refractivity contribution >= 4 is 142 Å². The van der Waals surface area contributed by atoms with Gasteiger partial charge in [-0.1, -0.05) is 47.8 Å². The Labute approximate surface area is 208 Å². The van der Waals surface area contributed by atoms with Gasteiger partial charge in [0.2, 0.25) is 0 Å². The van der Waals surface area contributed by atoms with E-state index in [2.05, 4.69) is 102 Å². The summed E-state index contributed by atoms with van der Waals surface area (Å²) in [4.78, 5) is 0. The van der Waals surface area contributed by atoms with Gasteiger partial charge in [-0.2, -0.15) is 0 Å². The van der Waals surface area contributed by atoms with Gasteiger partial charge in [0.1, 0.15) is 0 Å². The zero-order chi connectivity index (χ0) is 20.1. The minimum Gasteiger partial charge on any atom is -0.134 e. The molecule has 0 N–H and O–H groups in total. The van der Waals surface area contributed by atoms with Gasteiger partial charge in [-0.05, 0) is 54.6 Å². The molecular formula is C24H9Br3S3. The first-order valence-electron chi connectivity index (χ1n) is 9.26. The van der Waals surface area contributed by atoms with Crippen LogP contribution in [0.15, 0.2) is 68.0 Å². The van der Waals surface area contributed by atoms with Gasteiger partial charge < -0.3 is 0 Å². The second-order valence-corrected chi connectivity index (χ2v) is 13.2. The molecule has 0 saturated carbocycles. The molecule has 0 radical (unpaired) electrons. The van der Waals surface area contributed by atoms with E-state index in [1.807, 2.05) is 34.0 Å². The first-order valence-corrected chi connectivity index (χ1v) is 14.1. The molecule has 0 aliphatic rings. The maximum absolute atomic E-state index is 3.70. The predicted octanol–water partition coefficient (Wildman–Crippen LogP) is 11.1. The fraction of sp³-hybridized carbons (Fsp3) is 0. The van der Waals surface area contributed by atoms with Crippen molar-refractivity contribution in [1.29, 1.82) is 0 Å². The second-order valence-electron chi connectivity index (χ2n) is 7.34. The number of thiophene rings is 3. The normalized spacial score (nSPS) is 12.5. The highest BCUT2D eigenvalue weighted by Crippen LogP contribution is 2.53. The summed E-state index contributed by atoms with van der Waals surface area (Å²) in [6, 6.07) is 20.0. The topological polar surface area (TPSA) is 0 Å². The maximum atomic E-state index is 3.70. The molecule has 0 atom stereocenters. The molecule has 0 fully saturated rings. The Morgan fingerprint density at radius 3 is 1.03 bits per heavy atom. The molecule has 7 aromatic rings. The van der Waals surface area contributed by atoms with E-state index in [-0.39, 0.29) is 0 Å². The molecule has 3 heterocycles. The number of halogens is 3. The average molecular weight is 633 g/mol. The Hall–Kier alpha value is -1.02. The third-order valence-electron chi connectivity index (χ3n) is 5.63. The van der Waals surface area contributed by atoms with E-state index in [9.17, 15) is 0 Å². The van der Waals surface area contributed by atoms with E-state index < -0.39 is 0 Å². The van der Waals surface area contributed by atoms with Crippen molar-refractivity contribution in [2.45, 2.75) is 0 Å². The fourth-order valence-corrected chi connectivity index (χ4v) is 9.46. The van der Waals surface area contributed by atoms with Gasteiger partial charge in [0, 0.05) is 73.9 Å². The lowest BCUT2D eigenvalue weighted by atomic mass is 10.0. The van der Waals surface area contributed by atoms with Crippen molar-refractivity contribution in [3.8, 4) is 0 Å². The largest absolute Gasteiger partial charge is 0.134 e. The zero-order valence-electron chi connectivity index (χ0n) is 15.1. The van der Waals surface area contributed by atoms with Gasteiger partial charge >= 0.3 is 0 Å². The van der Waals surface area contributed by atoms with Gasteiger partial charge in [0.15, 0.2) is 0 Å². The van der Waals surface area contributed by atoms with Crippen molar-refractivity contribution in [2.75, 3.05) is 0 Å². The number of fused-ring (bicyclic) bond motifs is 12. The summed E-state index contributed by atoms with van der Waals surface area (Å²) in [5.74, 6) is 0. The minimum atomic E-state index is 1.13. The summed E-state index contributed by atoms with van der Waals surface area (Å²) in [5, 5.41) is 8.23. The van der Waals surface area contributed by atoms with Crippen LogP contribution < -0.4 is 0 Å². The van der Waals surface area contributed by atoms with Crippen molar-refractivity contribution in [3.63, 3.8) is 0 Å². The maximum Gasteiger partial charge on any atom is 0.0463 e. The van der Waals surface area contributed by atoms with Gasteiger partial charge in [0.05, 0.1) is 0 Å². The number of hydrogen-bond acceptors (Lipinski definition) is 3. The fourth-order valence-electron chi connectivity index (χ4n) is 4.41. The monoisotopic (exact) mass is 630 g/mol. The van der Waals surface area contributed by atoms with Gasteiger partial charge in [-0.15, -0.1) is 34.0 Å². The van der Waals surface area contributed by atoms with Crippen molar-refractivity contribution in [3.05, 3.63) is 68.0 Å². The molecule has 0 nitrogen and oxygen atoms in total. The summed E-state index contributed by atoms with van der Waals surface area (Å²) < 4.78 is 11.6. The Balaban J connectivity index is 1.90. The summed E-state index contributed by atoms with van der Waals surface area (Å²) in [6.45, 7) is 0. The molecule has 3 aromatic heterocycles. The molecular weight excluding hydrogens is 624 g/mol. The lowest BCUT2D eigenvalue weighted by Gasteiger charge is -2.01. The van der Waals surface area contributed by atoms with Crippen LogP contribution in [0.3, 0.4) is 0 Å². The Kier molecular flexibility index (Phi) is 4.02. The van der Waals surface area contributed by atoms with Crippen LogP contribution in [0.25, 0.3) is 60.5 Å². The van der Waals surface area contributed by atoms with E-state index in [0.29, 0.717) is 0 Å². The summed E-state index contributed by atoms with van der Waals surface area (Å²) in [6.07, 6.45) is 0.